The van der Waals surface area contributed by atoms with E-state index < -0.39 is 0 Å². The third-order valence-electron chi connectivity index (χ3n) is 7.86. The average Bonchev–Trinajstić information content (AvgIpc) is 2.91. The molecule has 196 valence electrons. The molecule has 2 aromatic rings. The molecule has 36 heavy (non-hydrogen) atoms. The zero-order chi connectivity index (χ0) is 24.8. The number of unbranched alkanes of at least 4 members (excludes halogenated alkanes) is 3. The molecule has 1 aromatic heterocycles. The first-order chi connectivity index (χ1) is 17.7. The molecule has 5 heteroatoms. The number of anilines is 2. The molecule has 0 amide bonds. The molecule has 0 spiro atoms. The number of hydrogen-bond donors (Lipinski definition) is 2. The molecule has 0 bridgehead atoms. The smallest absolute Gasteiger partial charge is 0.226 e. The van der Waals surface area contributed by atoms with Gasteiger partial charge in [-0.3, -0.25) is 0 Å². The number of halogens is 1. The van der Waals surface area contributed by atoms with Gasteiger partial charge in [-0.15, -0.1) is 0 Å². The van der Waals surface area contributed by atoms with Crippen molar-refractivity contribution in [2.75, 3.05) is 17.2 Å². The van der Waals surface area contributed by atoms with Gasteiger partial charge in [0.05, 0.1) is 0 Å². The van der Waals surface area contributed by atoms with E-state index in [1.807, 2.05) is 0 Å². The van der Waals surface area contributed by atoms with Gasteiger partial charge in [-0.05, 0) is 62.0 Å². The van der Waals surface area contributed by atoms with E-state index in [0.717, 1.165) is 24.7 Å². The third kappa shape index (κ3) is 9.76. The standard InChI is InChI=1S/C31H45ClN4/c32-29-23-30(33-22-21-26-14-9-4-10-15-26)36-31(35-29)34-24-28-19-17-27(18-20-28)16-6-2-1-5-11-25-12-7-3-8-13-25/h14,17-20,23,25H,1-13,15-16,21-22,24H2,(H2,33,34,35,36). The molecule has 2 N–H and O–H groups in total. The maximum absolute atomic E-state index is 6.26. The molecule has 0 aliphatic heterocycles. The molecule has 0 saturated heterocycles. The van der Waals surface area contributed by atoms with E-state index in [1.54, 1.807) is 11.6 Å². The van der Waals surface area contributed by atoms with Crippen LogP contribution in [0.2, 0.25) is 5.15 Å². The van der Waals surface area contributed by atoms with Gasteiger partial charge in [0.2, 0.25) is 5.95 Å². The molecule has 4 nitrogen and oxygen atoms in total. The summed E-state index contributed by atoms with van der Waals surface area (Å²) in [5.74, 6) is 2.38. The summed E-state index contributed by atoms with van der Waals surface area (Å²) in [5.41, 5.74) is 4.23. The summed E-state index contributed by atoms with van der Waals surface area (Å²) < 4.78 is 0. The van der Waals surface area contributed by atoms with Gasteiger partial charge in [0.25, 0.3) is 0 Å². The fourth-order valence-corrected chi connectivity index (χ4v) is 5.85. The Kier molecular flexibility index (Phi) is 11.4. The zero-order valence-electron chi connectivity index (χ0n) is 22.0. The van der Waals surface area contributed by atoms with Gasteiger partial charge in [0, 0.05) is 19.2 Å². The van der Waals surface area contributed by atoms with Crippen molar-refractivity contribution in [1.82, 2.24) is 9.97 Å². The van der Waals surface area contributed by atoms with Crippen LogP contribution in [0.3, 0.4) is 0 Å². The van der Waals surface area contributed by atoms with Crippen LogP contribution >= 0.6 is 11.6 Å². The quantitative estimate of drug-likeness (QED) is 0.152. The SMILES string of the molecule is Clc1cc(NCCC2=CCCCC2)nc(NCc2ccc(CCCCCCC3CCCCC3)cc2)n1. The highest BCUT2D eigenvalue weighted by Crippen LogP contribution is 2.28. The topological polar surface area (TPSA) is 49.8 Å². The second kappa shape index (κ2) is 15.2. The zero-order valence-corrected chi connectivity index (χ0v) is 22.8. The van der Waals surface area contributed by atoms with Crippen molar-refractivity contribution in [2.45, 2.75) is 109 Å². The van der Waals surface area contributed by atoms with Crippen molar-refractivity contribution < 1.29 is 0 Å². The summed E-state index contributed by atoms with van der Waals surface area (Å²) in [6, 6.07) is 10.8. The number of benzene rings is 1. The van der Waals surface area contributed by atoms with Crippen LogP contribution in [0.1, 0.15) is 107 Å². The minimum atomic E-state index is 0.459. The minimum absolute atomic E-state index is 0.459. The second-order valence-electron chi connectivity index (χ2n) is 10.8. The summed E-state index contributed by atoms with van der Waals surface area (Å²) in [5, 5.41) is 7.21. The molecule has 0 unspecified atom stereocenters. The summed E-state index contributed by atoms with van der Waals surface area (Å²) in [6.45, 7) is 1.56. The highest BCUT2D eigenvalue weighted by Gasteiger charge is 2.12. The van der Waals surface area contributed by atoms with E-state index in [1.165, 1.54) is 107 Å². The van der Waals surface area contributed by atoms with Crippen LogP contribution in [0.4, 0.5) is 11.8 Å². The maximum Gasteiger partial charge on any atom is 0.226 e. The van der Waals surface area contributed by atoms with Crippen molar-refractivity contribution in [3.8, 4) is 0 Å². The highest BCUT2D eigenvalue weighted by molar-refractivity contribution is 6.29. The molecule has 0 atom stereocenters. The van der Waals surface area contributed by atoms with E-state index in [0.29, 0.717) is 17.6 Å². The highest BCUT2D eigenvalue weighted by atomic mass is 35.5. The van der Waals surface area contributed by atoms with Crippen LogP contribution in [-0.4, -0.2) is 16.5 Å². The fraction of sp³-hybridized carbons (Fsp3) is 0.613. The monoisotopic (exact) mass is 508 g/mol. The van der Waals surface area contributed by atoms with Crippen LogP contribution in [-0.2, 0) is 13.0 Å². The molecule has 2 aliphatic carbocycles. The van der Waals surface area contributed by atoms with Gasteiger partial charge in [-0.1, -0.05) is 105 Å². The van der Waals surface area contributed by atoms with Crippen molar-refractivity contribution in [3.05, 3.63) is 58.3 Å². The number of aromatic nitrogens is 2. The van der Waals surface area contributed by atoms with E-state index >= 15 is 0 Å². The first-order valence-electron chi connectivity index (χ1n) is 14.5. The minimum Gasteiger partial charge on any atom is -0.370 e. The lowest BCUT2D eigenvalue weighted by molar-refractivity contribution is 0.328. The molecular formula is C31H45ClN4. The van der Waals surface area contributed by atoms with Gasteiger partial charge >= 0.3 is 0 Å². The fourth-order valence-electron chi connectivity index (χ4n) is 5.67. The van der Waals surface area contributed by atoms with Crippen LogP contribution in [0.5, 0.6) is 0 Å². The lowest BCUT2D eigenvalue weighted by atomic mass is 9.85. The number of nitrogens with zero attached hydrogens (tertiary/aromatic N) is 2. The van der Waals surface area contributed by atoms with Crippen LogP contribution in [0.15, 0.2) is 42.0 Å². The molecule has 2 aliphatic rings. The first-order valence-corrected chi connectivity index (χ1v) is 14.9. The number of allylic oxidation sites excluding steroid dienone is 1. The molecular weight excluding hydrogens is 464 g/mol. The Morgan fingerprint density at radius 3 is 2.42 bits per heavy atom. The number of aryl methyl sites for hydroxylation is 1. The number of nitrogens with one attached hydrogen (secondary N) is 2. The van der Waals surface area contributed by atoms with Gasteiger partial charge in [0.15, 0.2) is 0 Å². The Bertz CT molecular complexity index is 934. The summed E-state index contributed by atoms with van der Waals surface area (Å²) in [6.07, 6.45) is 24.1. The number of rotatable bonds is 14. The Morgan fingerprint density at radius 2 is 1.61 bits per heavy atom. The lowest BCUT2D eigenvalue weighted by Gasteiger charge is -2.21. The van der Waals surface area contributed by atoms with E-state index in [4.69, 9.17) is 11.6 Å². The second-order valence-corrected chi connectivity index (χ2v) is 11.2. The largest absolute Gasteiger partial charge is 0.370 e. The van der Waals surface area contributed by atoms with Gasteiger partial charge in [-0.25, -0.2) is 4.98 Å². The predicted octanol–water partition coefficient (Wildman–Crippen LogP) is 9.12. The van der Waals surface area contributed by atoms with E-state index in [9.17, 15) is 0 Å². The molecule has 1 saturated carbocycles. The van der Waals surface area contributed by atoms with Crippen LogP contribution in [0.25, 0.3) is 0 Å². The first kappa shape index (κ1) is 27.0. The normalized spacial score (nSPS) is 16.5. The third-order valence-corrected chi connectivity index (χ3v) is 8.05. The molecule has 0 radical (unpaired) electrons. The van der Waals surface area contributed by atoms with Crippen molar-refractivity contribution in [2.24, 2.45) is 5.92 Å². The molecule has 1 aromatic carbocycles. The summed E-state index contributed by atoms with van der Waals surface area (Å²) in [4.78, 5) is 8.96. The van der Waals surface area contributed by atoms with Gasteiger partial charge in [0.1, 0.15) is 11.0 Å². The van der Waals surface area contributed by atoms with Crippen molar-refractivity contribution in [3.63, 3.8) is 0 Å². The Balaban J connectivity index is 1.13. The van der Waals surface area contributed by atoms with E-state index in [-0.39, 0.29) is 0 Å². The summed E-state index contributed by atoms with van der Waals surface area (Å²) in [7, 11) is 0. The number of hydrogen-bond acceptors (Lipinski definition) is 4. The molecule has 1 heterocycles. The maximum atomic E-state index is 6.26. The van der Waals surface area contributed by atoms with Crippen molar-refractivity contribution >= 4 is 23.4 Å². The van der Waals surface area contributed by atoms with Gasteiger partial charge in [-0.2, -0.15) is 4.98 Å². The van der Waals surface area contributed by atoms with Crippen LogP contribution in [0, 0.1) is 5.92 Å². The Labute approximate surface area is 223 Å². The van der Waals surface area contributed by atoms with E-state index in [2.05, 4.69) is 50.9 Å². The Hall–Kier alpha value is -2.07. The molecule has 1 fully saturated rings. The predicted molar refractivity (Wildman–Crippen MR) is 154 cm³/mol. The van der Waals surface area contributed by atoms with Crippen LogP contribution < -0.4 is 10.6 Å². The van der Waals surface area contributed by atoms with Crippen molar-refractivity contribution in [1.29, 1.82) is 0 Å². The Morgan fingerprint density at radius 1 is 0.806 bits per heavy atom. The summed E-state index contributed by atoms with van der Waals surface area (Å²) >= 11 is 6.26. The lowest BCUT2D eigenvalue weighted by Crippen LogP contribution is -2.09. The molecule has 4 rings (SSSR count). The average molecular weight is 509 g/mol. The van der Waals surface area contributed by atoms with Gasteiger partial charge < -0.3 is 10.6 Å².